The molecule has 290 valence electrons. The minimum Gasteiger partial charge on any atom is -0.457 e. The smallest absolute Gasteiger partial charge is 0.306 e. The molecule has 0 aliphatic heterocycles. The van der Waals surface area contributed by atoms with Gasteiger partial charge >= 0.3 is 5.97 Å². The van der Waals surface area contributed by atoms with Crippen molar-refractivity contribution in [1.29, 1.82) is 0 Å². The molecule has 1 atom stereocenters. The second-order valence-corrected chi connectivity index (χ2v) is 14.1. The molecular formula is C46H82O4. The average molecular weight is 699 g/mol. The van der Waals surface area contributed by atoms with Crippen LogP contribution >= 0.6 is 0 Å². The second kappa shape index (κ2) is 43.3. The molecule has 0 aromatic rings. The van der Waals surface area contributed by atoms with Crippen LogP contribution in [-0.2, 0) is 14.3 Å². The normalized spacial score (nSPS) is 12.9. The van der Waals surface area contributed by atoms with E-state index in [1.54, 1.807) is 0 Å². The predicted molar refractivity (Wildman–Crippen MR) is 219 cm³/mol. The molecular weight excluding hydrogens is 617 g/mol. The highest BCUT2D eigenvalue weighted by Gasteiger charge is 2.13. The SMILES string of the molecule is CCCCCC/C=C\C/C=C\CCCCCCCCOCC(CO)OC(=O)CCCCCCCC/C=C\C/C=C\C/C=C\CCCCCCC. The van der Waals surface area contributed by atoms with E-state index in [-0.39, 0.29) is 19.2 Å². The van der Waals surface area contributed by atoms with E-state index in [1.807, 2.05) is 0 Å². The van der Waals surface area contributed by atoms with Crippen molar-refractivity contribution in [1.82, 2.24) is 0 Å². The number of rotatable bonds is 39. The lowest BCUT2D eigenvalue weighted by Crippen LogP contribution is -2.27. The quantitative estimate of drug-likeness (QED) is 0.0394. The molecule has 0 bridgehead atoms. The summed E-state index contributed by atoms with van der Waals surface area (Å²) in [5.74, 6) is -0.218. The van der Waals surface area contributed by atoms with Crippen molar-refractivity contribution in [3.8, 4) is 0 Å². The lowest BCUT2D eigenvalue weighted by molar-refractivity contribution is -0.154. The molecule has 0 amide bonds. The summed E-state index contributed by atoms with van der Waals surface area (Å²) < 4.78 is 11.1. The van der Waals surface area contributed by atoms with Gasteiger partial charge in [0.25, 0.3) is 0 Å². The topological polar surface area (TPSA) is 55.8 Å². The van der Waals surface area contributed by atoms with E-state index in [1.165, 1.54) is 122 Å². The molecule has 0 aromatic heterocycles. The summed E-state index contributed by atoms with van der Waals surface area (Å²) in [5, 5.41) is 9.60. The maximum absolute atomic E-state index is 12.2. The number of hydrogen-bond acceptors (Lipinski definition) is 4. The molecule has 0 fully saturated rings. The van der Waals surface area contributed by atoms with Crippen molar-refractivity contribution < 1.29 is 19.4 Å². The molecule has 4 heteroatoms. The number of aliphatic hydroxyl groups excluding tert-OH is 1. The molecule has 0 rings (SSSR count). The molecule has 1 unspecified atom stereocenters. The first-order chi connectivity index (χ1) is 24.7. The van der Waals surface area contributed by atoms with Crippen LogP contribution in [0.2, 0.25) is 0 Å². The third-order valence-electron chi connectivity index (χ3n) is 9.07. The standard InChI is InChI=1S/C46H82O4/c1-3-5-7-9-11-13-15-17-19-21-22-23-24-25-27-29-31-33-35-37-39-41-46(48)50-45(43-47)44-49-42-40-38-36-34-32-30-28-26-20-18-16-14-12-10-8-6-4-2/h14-17,20-22,24-26,45,47H,3-13,18-19,23,27-44H2,1-2H3/b16-14-,17-15-,22-21-,25-24-,26-20-. The van der Waals surface area contributed by atoms with Gasteiger partial charge in [-0.1, -0.05) is 171 Å². The zero-order valence-corrected chi connectivity index (χ0v) is 33.2. The van der Waals surface area contributed by atoms with E-state index < -0.39 is 6.10 Å². The van der Waals surface area contributed by atoms with Gasteiger partial charge in [-0.25, -0.2) is 0 Å². The largest absolute Gasteiger partial charge is 0.457 e. The fourth-order valence-corrected chi connectivity index (χ4v) is 5.83. The Labute approximate surface area is 311 Å². The van der Waals surface area contributed by atoms with Crippen LogP contribution in [0.4, 0.5) is 0 Å². The van der Waals surface area contributed by atoms with Crippen molar-refractivity contribution in [2.75, 3.05) is 19.8 Å². The molecule has 0 heterocycles. The number of ether oxygens (including phenoxy) is 2. The molecule has 0 aliphatic carbocycles. The summed E-state index contributed by atoms with van der Waals surface area (Å²) in [6.07, 6.45) is 57.0. The average Bonchev–Trinajstić information content (AvgIpc) is 3.12. The van der Waals surface area contributed by atoms with E-state index in [2.05, 4.69) is 74.6 Å². The third-order valence-corrected chi connectivity index (χ3v) is 9.07. The number of esters is 1. The molecule has 0 radical (unpaired) electrons. The minimum atomic E-state index is -0.549. The van der Waals surface area contributed by atoms with Gasteiger partial charge < -0.3 is 14.6 Å². The Morgan fingerprint density at radius 2 is 0.840 bits per heavy atom. The van der Waals surface area contributed by atoms with E-state index in [9.17, 15) is 9.90 Å². The van der Waals surface area contributed by atoms with Crippen molar-refractivity contribution in [2.45, 2.75) is 206 Å². The molecule has 0 aromatic carbocycles. The Morgan fingerprint density at radius 3 is 1.28 bits per heavy atom. The summed E-state index contributed by atoms with van der Waals surface area (Å²) in [5.41, 5.74) is 0. The van der Waals surface area contributed by atoms with Crippen molar-refractivity contribution in [3.63, 3.8) is 0 Å². The van der Waals surface area contributed by atoms with Gasteiger partial charge in [0, 0.05) is 13.0 Å². The summed E-state index contributed by atoms with van der Waals surface area (Å²) in [6.45, 7) is 5.28. The van der Waals surface area contributed by atoms with Crippen LogP contribution in [0.15, 0.2) is 60.8 Å². The second-order valence-electron chi connectivity index (χ2n) is 14.1. The molecule has 0 saturated carbocycles. The molecule has 0 saturated heterocycles. The van der Waals surface area contributed by atoms with Gasteiger partial charge in [0.15, 0.2) is 0 Å². The lowest BCUT2D eigenvalue weighted by Gasteiger charge is -2.15. The zero-order chi connectivity index (χ0) is 36.3. The highest BCUT2D eigenvalue weighted by molar-refractivity contribution is 5.69. The van der Waals surface area contributed by atoms with Crippen molar-refractivity contribution >= 4 is 5.97 Å². The molecule has 4 nitrogen and oxygen atoms in total. The number of aliphatic hydroxyl groups is 1. The summed E-state index contributed by atoms with van der Waals surface area (Å²) in [6, 6.07) is 0. The Kier molecular flexibility index (Phi) is 41.6. The first-order valence-corrected chi connectivity index (χ1v) is 21.4. The van der Waals surface area contributed by atoms with Crippen LogP contribution < -0.4 is 0 Å². The highest BCUT2D eigenvalue weighted by atomic mass is 16.6. The Balaban J connectivity index is 3.51. The fraction of sp³-hybridized carbons (Fsp3) is 0.761. The fourth-order valence-electron chi connectivity index (χ4n) is 5.83. The van der Waals surface area contributed by atoms with Crippen molar-refractivity contribution in [3.05, 3.63) is 60.8 Å². The van der Waals surface area contributed by atoms with E-state index in [0.717, 1.165) is 57.8 Å². The summed E-state index contributed by atoms with van der Waals surface area (Å²) >= 11 is 0. The van der Waals surface area contributed by atoms with Crippen LogP contribution in [0.5, 0.6) is 0 Å². The molecule has 0 aliphatic rings. The van der Waals surface area contributed by atoms with E-state index in [4.69, 9.17) is 9.47 Å². The van der Waals surface area contributed by atoms with Gasteiger partial charge in [0.05, 0.1) is 13.2 Å². The van der Waals surface area contributed by atoms with Crippen LogP contribution in [-0.4, -0.2) is 37.0 Å². The lowest BCUT2D eigenvalue weighted by atomic mass is 10.1. The summed E-state index contributed by atoms with van der Waals surface area (Å²) in [7, 11) is 0. The molecule has 0 spiro atoms. The first kappa shape index (κ1) is 48.1. The van der Waals surface area contributed by atoms with E-state index in [0.29, 0.717) is 13.0 Å². The Morgan fingerprint density at radius 1 is 0.480 bits per heavy atom. The number of allylic oxidation sites excluding steroid dienone is 10. The Hall–Kier alpha value is -1.91. The number of hydrogen-bond donors (Lipinski definition) is 1. The van der Waals surface area contributed by atoms with Gasteiger partial charge in [-0.15, -0.1) is 0 Å². The Bertz CT molecular complexity index is 824. The minimum absolute atomic E-state index is 0.184. The van der Waals surface area contributed by atoms with Crippen LogP contribution in [0, 0.1) is 0 Å². The number of carbonyl (C=O) groups is 1. The monoisotopic (exact) mass is 699 g/mol. The highest BCUT2D eigenvalue weighted by Crippen LogP contribution is 2.12. The molecule has 50 heavy (non-hydrogen) atoms. The maximum Gasteiger partial charge on any atom is 0.306 e. The van der Waals surface area contributed by atoms with Gasteiger partial charge in [-0.05, 0) is 83.5 Å². The molecule has 1 N–H and O–H groups in total. The maximum atomic E-state index is 12.2. The van der Waals surface area contributed by atoms with E-state index >= 15 is 0 Å². The van der Waals surface area contributed by atoms with Gasteiger partial charge in [0.2, 0.25) is 0 Å². The number of unbranched alkanes of at least 4 members (excludes halogenated alkanes) is 21. The number of carbonyl (C=O) groups excluding carboxylic acids is 1. The van der Waals surface area contributed by atoms with Crippen LogP contribution in [0.3, 0.4) is 0 Å². The van der Waals surface area contributed by atoms with Gasteiger partial charge in [0.1, 0.15) is 6.10 Å². The van der Waals surface area contributed by atoms with Crippen LogP contribution in [0.1, 0.15) is 200 Å². The van der Waals surface area contributed by atoms with Crippen molar-refractivity contribution in [2.24, 2.45) is 0 Å². The van der Waals surface area contributed by atoms with Crippen LogP contribution in [0.25, 0.3) is 0 Å². The predicted octanol–water partition coefficient (Wildman–Crippen LogP) is 14.0. The summed E-state index contributed by atoms with van der Waals surface area (Å²) in [4.78, 5) is 12.2. The third kappa shape index (κ3) is 40.5. The zero-order valence-electron chi connectivity index (χ0n) is 33.2. The van der Waals surface area contributed by atoms with Gasteiger partial charge in [-0.3, -0.25) is 4.79 Å². The first-order valence-electron chi connectivity index (χ1n) is 21.4. The van der Waals surface area contributed by atoms with Gasteiger partial charge in [-0.2, -0.15) is 0 Å².